The van der Waals surface area contributed by atoms with Gasteiger partial charge in [0.25, 0.3) is 5.69 Å². The maximum Gasteiger partial charge on any atom is 0.270 e. The maximum absolute atomic E-state index is 11.2. The number of ether oxygens (including phenoxy) is 2. The molecule has 0 aliphatic carbocycles. The molecule has 0 bridgehead atoms. The van der Waals surface area contributed by atoms with Gasteiger partial charge in [0, 0.05) is 17.7 Å². The molecule has 3 N–H and O–H groups in total. The fraction of sp³-hybridized carbons (Fsp3) is 0.100. The molecule has 3 aromatic rings. The summed E-state index contributed by atoms with van der Waals surface area (Å²) in [5, 5.41) is 28.0. The van der Waals surface area contributed by atoms with E-state index in [1.165, 1.54) is 12.1 Å². The molecule has 0 saturated heterocycles. The Morgan fingerprint density at radius 1 is 1.31 bits per heavy atom. The van der Waals surface area contributed by atoms with Gasteiger partial charge in [0.2, 0.25) is 11.8 Å². The zero-order valence-electron chi connectivity index (χ0n) is 15.2. The van der Waals surface area contributed by atoms with Gasteiger partial charge in [-0.3, -0.25) is 15.2 Å². The van der Waals surface area contributed by atoms with Crippen molar-refractivity contribution in [3.8, 4) is 29.0 Å². The van der Waals surface area contributed by atoms with Gasteiger partial charge in [0.05, 0.1) is 29.2 Å². The van der Waals surface area contributed by atoms with E-state index in [1.54, 1.807) is 31.4 Å². The molecule has 2 heterocycles. The zero-order valence-corrected chi connectivity index (χ0v) is 15.2. The molecule has 4 rings (SSSR count). The number of fused-ring (bicyclic) bond motifs is 1. The highest BCUT2D eigenvalue weighted by Gasteiger charge is 2.36. The predicted octanol–water partition coefficient (Wildman–Crippen LogP) is 3.21. The average molecular weight is 389 g/mol. The van der Waals surface area contributed by atoms with E-state index in [9.17, 15) is 15.4 Å². The Kier molecular flexibility index (Phi) is 4.37. The summed E-state index contributed by atoms with van der Waals surface area (Å²) in [5.41, 5.74) is 8.52. The minimum absolute atomic E-state index is 0.0371. The summed E-state index contributed by atoms with van der Waals surface area (Å²) in [6.07, 6.45) is 0. The van der Waals surface area contributed by atoms with Crippen molar-refractivity contribution in [3.63, 3.8) is 0 Å². The van der Waals surface area contributed by atoms with Crippen molar-refractivity contribution < 1.29 is 14.4 Å². The Morgan fingerprint density at radius 3 is 2.83 bits per heavy atom. The highest BCUT2D eigenvalue weighted by Crippen LogP contribution is 2.46. The number of nitrogens with two attached hydrogens (primary N) is 1. The predicted molar refractivity (Wildman–Crippen MR) is 103 cm³/mol. The van der Waals surface area contributed by atoms with Crippen molar-refractivity contribution in [2.24, 2.45) is 5.73 Å². The number of allylic oxidation sites excluding steroid dienone is 1. The van der Waals surface area contributed by atoms with Crippen molar-refractivity contribution in [1.29, 1.82) is 5.26 Å². The van der Waals surface area contributed by atoms with Gasteiger partial charge >= 0.3 is 0 Å². The summed E-state index contributed by atoms with van der Waals surface area (Å²) in [6, 6.07) is 15.5. The number of nitro benzene ring substituents is 1. The molecule has 144 valence electrons. The summed E-state index contributed by atoms with van der Waals surface area (Å²) in [6.45, 7) is 0. The average Bonchev–Trinajstić information content (AvgIpc) is 3.16. The van der Waals surface area contributed by atoms with Crippen LogP contribution in [0.1, 0.15) is 17.0 Å². The van der Waals surface area contributed by atoms with Crippen molar-refractivity contribution in [1.82, 2.24) is 10.2 Å². The molecular weight excluding hydrogens is 374 g/mol. The zero-order chi connectivity index (χ0) is 20.5. The topological polar surface area (TPSA) is 140 Å². The lowest BCUT2D eigenvalue weighted by atomic mass is 9.83. The molecule has 29 heavy (non-hydrogen) atoms. The molecule has 1 atom stereocenters. The van der Waals surface area contributed by atoms with Crippen molar-refractivity contribution >= 4 is 5.69 Å². The number of hydrogen-bond donors (Lipinski definition) is 2. The van der Waals surface area contributed by atoms with Crippen LogP contribution in [0, 0.1) is 21.4 Å². The first kappa shape index (κ1) is 18.1. The number of nitrogens with zero attached hydrogens (tertiary/aromatic N) is 3. The second-order valence-corrected chi connectivity index (χ2v) is 6.33. The number of benzene rings is 2. The van der Waals surface area contributed by atoms with Gasteiger partial charge in [0.1, 0.15) is 17.4 Å². The van der Waals surface area contributed by atoms with Gasteiger partial charge in [-0.2, -0.15) is 5.26 Å². The summed E-state index contributed by atoms with van der Waals surface area (Å²) < 4.78 is 10.9. The molecular formula is C20H15N5O4. The third-order valence-corrected chi connectivity index (χ3v) is 4.71. The third-order valence-electron chi connectivity index (χ3n) is 4.71. The molecule has 0 amide bonds. The van der Waals surface area contributed by atoms with Crippen LogP contribution in [0.4, 0.5) is 5.69 Å². The first-order chi connectivity index (χ1) is 14.0. The largest absolute Gasteiger partial charge is 0.497 e. The van der Waals surface area contributed by atoms with Crippen LogP contribution in [0.15, 0.2) is 60.0 Å². The third kappa shape index (κ3) is 3.02. The lowest BCUT2D eigenvalue weighted by Crippen LogP contribution is -2.21. The molecule has 0 unspecified atom stereocenters. The lowest BCUT2D eigenvalue weighted by Gasteiger charge is -2.24. The summed E-state index contributed by atoms with van der Waals surface area (Å²) in [4.78, 5) is 10.7. The van der Waals surface area contributed by atoms with Crippen LogP contribution in [0.3, 0.4) is 0 Å². The van der Waals surface area contributed by atoms with E-state index < -0.39 is 10.8 Å². The minimum Gasteiger partial charge on any atom is -0.497 e. The van der Waals surface area contributed by atoms with Gasteiger partial charge in [-0.1, -0.05) is 24.3 Å². The molecule has 9 nitrogen and oxygen atoms in total. The van der Waals surface area contributed by atoms with E-state index in [0.29, 0.717) is 22.6 Å². The van der Waals surface area contributed by atoms with Crippen molar-refractivity contribution in [2.45, 2.75) is 5.92 Å². The lowest BCUT2D eigenvalue weighted by molar-refractivity contribution is -0.384. The number of hydrogen-bond acceptors (Lipinski definition) is 7. The summed E-state index contributed by atoms with van der Waals surface area (Å²) in [7, 11) is 1.55. The Balaban J connectivity index is 1.94. The van der Waals surface area contributed by atoms with Crippen molar-refractivity contribution in [2.75, 3.05) is 7.11 Å². The van der Waals surface area contributed by atoms with Gasteiger partial charge in [-0.05, 0) is 17.7 Å². The van der Waals surface area contributed by atoms with Crippen LogP contribution in [0.2, 0.25) is 0 Å². The van der Waals surface area contributed by atoms with Crippen LogP contribution in [-0.4, -0.2) is 22.2 Å². The number of nitrogens with one attached hydrogen (secondary N) is 1. The number of nitriles is 1. The first-order valence-electron chi connectivity index (χ1n) is 8.58. The molecule has 0 saturated carbocycles. The van der Waals surface area contributed by atoms with E-state index in [0.717, 1.165) is 5.56 Å². The fourth-order valence-corrected chi connectivity index (χ4v) is 3.39. The molecule has 1 aliphatic rings. The van der Waals surface area contributed by atoms with Crippen molar-refractivity contribution in [3.05, 3.63) is 81.2 Å². The van der Waals surface area contributed by atoms with Crippen LogP contribution in [0.5, 0.6) is 11.6 Å². The smallest absolute Gasteiger partial charge is 0.270 e. The van der Waals surface area contributed by atoms with Gasteiger partial charge in [0.15, 0.2) is 0 Å². The second kappa shape index (κ2) is 7.01. The Hall–Kier alpha value is -4.32. The Morgan fingerprint density at radius 2 is 2.10 bits per heavy atom. The number of nitro groups is 1. The Labute approximate surface area is 165 Å². The number of methoxy groups -OCH3 is 1. The number of aromatic nitrogens is 2. The highest BCUT2D eigenvalue weighted by molar-refractivity contribution is 5.72. The van der Waals surface area contributed by atoms with E-state index in [1.807, 2.05) is 12.1 Å². The summed E-state index contributed by atoms with van der Waals surface area (Å²) in [5.74, 6) is 0.222. The SMILES string of the molecule is COc1cccc([C@@H]2C(C#N)=C(N)Oc3n[nH]c(-c4cccc([N+](=O)[O-])c4)c32)c1. The molecule has 0 fully saturated rings. The van der Waals surface area contributed by atoms with Gasteiger partial charge in [-0.15, -0.1) is 5.10 Å². The van der Waals surface area contributed by atoms with E-state index in [2.05, 4.69) is 16.3 Å². The van der Waals surface area contributed by atoms with E-state index in [4.69, 9.17) is 15.2 Å². The molecule has 9 heteroatoms. The van der Waals surface area contributed by atoms with E-state index >= 15 is 0 Å². The maximum atomic E-state index is 11.2. The standard InChI is InChI=1S/C20H15N5O4/c1-28-14-7-3-4-11(9-14)16-15(10-21)19(22)29-20-17(16)18(23-24-20)12-5-2-6-13(8-12)25(26)27/h2-9,16H,22H2,1H3,(H,23,24)/t16-/m1/s1. The van der Waals surface area contributed by atoms with Crippen LogP contribution < -0.4 is 15.2 Å². The summed E-state index contributed by atoms with van der Waals surface area (Å²) >= 11 is 0. The number of rotatable bonds is 4. The molecule has 1 aliphatic heterocycles. The quantitative estimate of drug-likeness (QED) is 0.515. The molecule has 2 aromatic carbocycles. The number of non-ortho nitro benzene ring substituents is 1. The fourth-order valence-electron chi connectivity index (χ4n) is 3.39. The molecule has 1 aromatic heterocycles. The Bertz CT molecular complexity index is 1190. The molecule has 0 spiro atoms. The second-order valence-electron chi connectivity index (χ2n) is 6.33. The molecule has 0 radical (unpaired) electrons. The van der Waals surface area contributed by atoms with Gasteiger partial charge < -0.3 is 15.2 Å². The monoisotopic (exact) mass is 389 g/mol. The van der Waals surface area contributed by atoms with Crippen LogP contribution in [-0.2, 0) is 0 Å². The number of H-pyrrole nitrogens is 1. The van der Waals surface area contributed by atoms with Crippen LogP contribution in [0.25, 0.3) is 11.3 Å². The normalized spacial score (nSPS) is 15.2. The van der Waals surface area contributed by atoms with Gasteiger partial charge in [-0.25, -0.2) is 0 Å². The first-order valence-corrected chi connectivity index (χ1v) is 8.58. The van der Waals surface area contributed by atoms with Crippen LogP contribution >= 0.6 is 0 Å². The number of aromatic amines is 1. The minimum atomic E-state index is -0.577. The highest BCUT2D eigenvalue weighted by atomic mass is 16.6. The van der Waals surface area contributed by atoms with E-state index in [-0.39, 0.29) is 23.0 Å².